The third-order valence-corrected chi connectivity index (χ3v) is 4.76. The average Bonchev–Trinajstić information content (AvgIpc) is 3.25. The van der Waals surface area contributed by atoms with Crippen molar-refractivity contribution in [3.05, 3.63) is 54.3 Å². The van der Waals surface area contributed by atoms with Gasteiger partial charge in [-0.2, -0.15) is 0 Å². The number of allylic oxidation sites excluding steroid dienone is 6. The first-order valence-corrected chi connectivity index (χ1v) is 12.0. The molecule has 178 valence electrons. The molecule has 0 bridgehead atoms. The number of hydrogen-bond acceptors (Lipinski definition) is 5. The highest BCUT2D eigenvalue weighted by atomic mass is 16.6. The molecule has 0 atom stereocenters. The van der Waals surface area contributed by atoms with E-state index in [4.69, 9.17) is 13.9 Å². The molecule has 0 saturated carbocycles. The van der Waals surface area contributed by atoms with E-state index in [1.807, 2.05) is 0 Å². The minimum atomic E-state index is -0.546. The zero-order chi connectivity index (χ0) is 23.3. The number of furan rings is 1. The van der Waals surface area contributed by atoms with E-state index in [2.05, 4.69) is 43.4 Å². The van der Waals surface area contributed by atoms with Crippen molar-refractivity contribution in [3.8, 4) is 5.95 Å². The molecule has 0 N–H and O–H groups in total. The van der Waals surface area contributed by atoms with Gasteiger partial charge >= 0.3 is 5.97 Å². The molecule has 0 unspecified atom stereocenters. The van der Waals surface area contributed by atoms with E-state index >= 15 is 0 Å². The van der Waals surface area contributed by atoms with Crippen molar-refractivity contribution in [1.82, 2.24) is 0 Å². The Morgan fingerprint density at radius 3 is 2.22 bits per heavy atom. The Morgan fingerprint density at radius 1 is 0.844 bits per heavy atom. The summed E-state index contributed by atoms with van der Waals surface area (Å²) < 4.78 is 15.7. The van der Waals surface area contributed by atoms with Crippen molar-refractivity contribution in [2.75, 3.05) is 13.2 Å². The smallest absolute Gasteiger partial charge is 0.313 e. The van der Waals surface area contributed by atoms with Gasteiger partial charge in [0.15, 0.2) is 5.76 Å². The summed E-state index contributed by atoms with van der Waals surface area (Å²) in [5.41, 5.74) is 0. The molecule has 5 nitrogen and oxygen atoms in total. The number of Topliss-reactive ketones (excluding diaryl/α,β-unsaturated/α-hetero) is 1. The fourth-order valence-electron chi connectivity index (χ4n) is 3.05. The standard InChI is InChI=1S/C27H40O5/c1-3-5-6-7-8-9-10-11-12-13-14-15-16-17-18-19-22-31-27-21-20-25(32-27)24(28)23-26(29)30-4-2/h5-6,8-9,11-12,20-21H,3-4,7,10,13-19,22-23H2,1-2H3/b6-5+,9-8+,12-11+. The van der Waals surface area contributed by atoms with E-state index in [-0.39, 0.29) is 18.8 Å². The molecular weight excluding hydrogens is 404 g/mol. The highest BCUT2D eigenvalue weighted by molar-refractivity contribution is 6.04. The number of unbranched alkanes of at least 4 members (excludes halogenated alkanes) is 6. The van der Waals surface area contributed by atoms with Crippen molar-refractivity contribution < 1.29 is 23.5 Å². The number of hydrogen-bond donors (Lipinski definition) is 0. The van der Waals surface area contributed by atoms with Crippen LogP contribution >= 0.6 is 0 Å². The highest BCUT2D eigenvalue weighted by Crippen LogP contribution is 2.18. The van der Waals surface area contributed by atoms with Crippen molar-refractivity contribution in [3.63, 3.8) is 0 Å². The van der Waals surface area contributed by atoms with Crippen molar-refractivity contribution >= 4 is 11.8 Å². The molecule has 32 heavy (non-hydrogen) atoms. The largest absolute Gasteiger partial charge is 0.466 e. The van der Waals surface area contributed by atoms with Crippen LogP contribution in [-0.4, -0.2) is 25.0 Å². The second-order valence-electron chi connectivity index (χ2n) is 7.58. The predicted octanol–water partition coefficient (Wildman–Crippen LogP) is 7.38. The Bertz CT molecular complexity index is 711. The van der Waals surface area contributed by atoms with Crippen LogP contribution in [0.2, 0.25) is 0 Å². The lowest BCUT2D eigenvalue weighted by Crippen LogP contribution is -2.10. The lowest BCUT2D eigenvalue weighted by molar-refractivity contribution is -0.142. The molecule has 0 fully saturated rings. The maximum Gasteiger partial charge on any atom is 0.313 e. The van der Waals surface area contributed by atoms with E-state index in [0.717, 1.165) is 38.5 Å². The first-order valence-electron chi connectivity index (χ1n) is 12.0. The van der Waals surface area contributed by atoms with Gasteiger partial charge in [-0.3, -0.25) is 9.59 Å². The van der Waals surface area contributed by atoms with Crippen LogP contribution in [0.25, 0.3) is 0 Å². The fraction of sp³-hybridized carbons (Fsp3) is 0.556. The monoisotopic (exact) mass is 444 g/mol. The fourth-order valence-corrected chi connectivity index (χ4v) is 3.05. The first kappa shape index (κ1) is 27.5. The molecule has 0 aliphatic heterocycles. The molecule has 1 heterocycles. The number of carbonyl (C=O) groups is 2. The third kappa shape index (κ3) is 14.4. The summed E-state index contributed by atoms with van der Waals surface area (Å²) in [7, 11) is 0. The molecule has 0 radical (unpaired) electrons. The van der Waals surface area contributed by atoms with Crippen molar-refractivity contribution in [2.45, 2.75) is 84.5 Å². The number of rotatable bonds is 19. The normalized spacial score (nSPS) is 11.7. The molecule has 1 rings (SSSR count). The molecule has 0 spiro atoms. The van der Waals surface area contributed by atoms with E-state index in [1.54, 1.807) is 13.0 Å². The average molecular weight is 445 g/mol. The van der Waals surface area contributed by atoms with Crippen LogP contribution in [0.3, 0.4) is 0 Å². The van der Waals surface area contributed by atoms with Crippen LogP contribution in [0, 0.1) is 0 Å². The second-order valence-corrected chi connectivity index (χ2v) is 7.58. The summed E-state index contributed by atoms with van der Waals surface area (Å²) in [6, 6.07) is 3.15. The quantitative estimate of drug-likeness (QED) is 0.0732. The Kier molecular flexibility index (Phi) is 16.4. The summed E-state index contributed by atoms with van der Waals surface area (Å²) in [4.78, 5) is 23.3. The third-order valence-electron chi connectivity index (χ3n) is 4.76. The molecule has 1 aromatic rings. The van der Waals surface area contributed by atoms with Crippen LogP contribution < -0.4 is 4.74 Å². The minimum absolute atomic E-state index is 0.127. The topological polar surface area (TPSA) is 65.7 Å². The van der Waals surface area contributed by atoms with Crippen LogP contribution in [-0.2, 0) is 9.53 Å². The van der Waals surface area contributed by atoms with E-state index in [0.29, 0.717) is 12.6 Å². The highest BCUT2D eigenvalue weighted by Gasteiger charge is 2.16. The second kappa shape index (κ2) is 19.1. The molecule has 1 aromatic heterocycles. The number of ether oxygens (including phenoxy) is 2. The summed E-state index contributed by atoms with van der Waals surface area (Å²) in [5, 5.41) is 0. The van der Waals surface area contributed by atoms with Crippen LogP contribution in [0.15, 0.2) is 53.0 Å². The first-order chi connectivity index (χ1) is 15.7. The van der Waals surface area contributed by atoms with Gasteiger partial charge in [0.05, 0.1) is 13.2 Å². The Morgan fingerprint density at radius 2 is 1.50 bits per heavy atom. The van der Waals surface area contributed by atoms with Gasteiger partial charge in [0, 0.05) is 6.07 Å². The summed E-state index contributed by atoms with van der Waals surface area (Å²) >= 11 is 0. The van der Waals surface area contributed by atoms with Gasteiger partial charge in [-0.05, 0) is 51.5 Å². The van der Waals surface area contributed by atoms with E-state index < -0.39 is 11.8 Å². The van der Waals surface area contributed by atoms with Gasteiger partial charge in [0.1, 0.15) is 6.42 Å². The molecule has 0 saturated heterocycles. The minimum Gasteiger partial charge on any atom is -0.466 e. The van der Waals surface area contributed by atoms with E-state index in [1.165, 1.54) is 31.7 Å². The van der Waals surface area contributed by atoms with Gasteiger partial charge in [-0.25, -0.2) is 0 Å². The SMILES string of the molecule is CC/C=C/C/C=C/C/C=C/CCCCCCCCOc1ccc(C(=O)CC(=O)OCC)o1. The molecule has 0 aliphatic rings. The van der Waals surface area contributed by atoms with Crippen LogP contribution in [0.1, 0.15) is 95.0 Å². The number of esters is 1. The zero-order valence-corrected chi connectivity index (χ0v) is 19.9. The maximum absolute atomic E-state index is 11.9. The number of carbonyl (C=O) groups excluding carboxylic acids is 2. The lowest BCUT2D eigenvalue weighted by atomic mass is 10.1. The van der Waals surface area contributed by atoms with Gasteiger partial charge in [-0.15, -0.1) is 0 Å². The summed E-state index contributed by atoms with van der Waals surface area (Å²) in [6.45, 7) is 4.67. The Labute approximate surface area is 193 Å². The van der Waals surface area contributed by atoms with Gasteiger partial charge < -0.3 is 13.9 Å². The predicted molar refractivity (Wildman–Crippen MR) is 129 cm³/mol. The molecule has 5 heteroatoms. The van der Waals surface area contributed by atoms with Gasteiger partial charge in [0.2, 0.25) is 5.78 Å². The lowest BCUT2D eigenvalue weighted by Gasteiger charge is -2.03. The van der Waals surface area contributed by atoms with Crippen molar-refractivity contribution in [2.24, 2.45) is 0 Å². The van der Waals surface area contributed by atoms with Crippen LogP contribution in [0.5, 0.6) is 5.95 Å². The Hall–Kier alpha value is -2.56. The zero-order valence-electron chi connectivity index (χ0n) is 19.9. The maximum atomic E-state index is 11.9. The van der Waals surface area contributed by atoms with Crippen molar-refractivity contribution in [1.29, 1.82) is 0 Å². The molecule has 0 aromatic carbocycles. The van der Waals surface area contributed by atoms with Crippen LogP contribution in [0.4, 0.5) is 0 Å². The van der Waals surface area contributed by atoms with Gasteiger partial charge in [0.25, 0.3) is 5.95 Å². The molecular formula is C27H40O5. The molecule has 0 aliphatic carbocycles. The van der Waals surface area contributed by atoms with Gasteiger partial charge in [-0.1, -0.05) is 69.1 Å². The van der Waals surface area contributed by atoms with E-state index in [9.17, 15) is 9.59 Å². The number of ketones is 1. The molecule has 0 amide bonds. The Balaban J connectivity index is 1.97. The summed E-state index contributed by atoms with van der Waals surface area (Å²) in [6.07, 6.45) is 24.4. The summed E-state index contributed by atoms with van der Waals surface area (Å²) in [5.74, 6) is -0.501.